The Balaban J connectivity index is 2.30. The molecule has 1 saturated carbocycles. The van der Waals surface area contributed by atoms with E-state index < -0.39 is 0 Å². The summed E-state index contributed by atoms with van der Waals surface area (Å²) >= 11 is 0. The van der Waals surface area contributed by atoms with Gasteiger partial charge in [-0.2, -0.15) is 5.10 Å². The van der Waals surface area contributed by atoms with Gasteiger partial charge in [0.25, 0.3) is 0 Å². The SMILES string of the molecule is Cn1ncc2c(N)cc(C3CC3)nc21. The molecule has 3 rings (SSSR count). The van der Waals surface area contributed by atoms with E-state index in [1.807, 2.05) is 13.1 Å². The van der Waals surface area contributed by atoms with Crippen LogP contribution in [-0.4, -0.2) is 14.8 Å². The molecule has 2 heterocycles. The minimum absolute atomic E-state index is 0.636. The third-order valence-corrected chi connectivity index (χ3v) is 2.75. The molecule has 0 aromatic carbocycles. The van der Waals surface area contributed by atoms with Crippen LogP contribution >= 0.6 is 0 Å². The Kier molecular flexibility index (Phi) is 1.37. The molecular weight excluding hydrogens is 176 g/mol. The zero-order valence-electron chi connectivity index (χ0n) is 8.07. The summed E-state index contributed by atoms with van der Waals surface area (Å²) in [4.78, 5) is 4.58. The Morgan fingerprint density at radius 2 is 2.29 bits per heavy atom. The van der Waals surface area contributed by atoms with Gasteiger partial charge in [-0.15, -0.1) is 0 Å². The minimum Gasteiger partial charge on any atom is -0.398 e. The van der Waals surface area contributed by atoms with Gasteiger partial charge < -0.3 is 5.73 Å². The number of aryl methyl sites for hydroxylation is 1. The lowest BCUT2D eigenvalue weighted by atomic mass is 10.2. The number of nitrogens with zero attached hydrogens (tertiary/aromatic N) is 3. The van der Waals surface area contributed by atoms with E-state index in [4.69, 9.17) is 5.73 Å². The van der Waals surface area contributed by atoms with Crippen LogP contribution in [0.1, 0.15) is 24.5 Å². The molecule has 0 bridgehead atoms. The summed E-state index contributed by atoms with van der Waals surface area (Å²) in [7, 11) is 1.89. The Labute approximate surface area is 81.7 Å². The van der Waals surface area contributed by atoms with Crippen molar-refractivity contribution < 1.29 is 0 Å². The van der Waals surface area contributed by atoms with E-state index in [0.717, 1.165) is 22.4 Å². The van der Waals surface area contributed by atoms with Crippen LogP contribution in [-0.2, 0) is 7.05 Å². The third kappa shape index (κ3) is 0.999. The quantitative estimate of drug-likeness (QED) is 0.736. The van der Waals surface area contributed by atoms with Crippen LogP contribution in [0.3, 0.4) is 0 Å². The molecule has 0 aliphatic heterocycles. The van der Waals surface area contributed by atoms with E-state index in [-0.39, 0.29) is 0 Å². The molecular formula is C10H12N4. The third-order valence-electron chi connectivity index (χ3n) is 2.75. The van der Waals surface area contributed by atoms with E-state index in [9.17, 15) is 0 Å². The standard InChI is InChI=1S/C10H12N4/c1-14-10-7(5-12-14)8(11)4-9(13-10)6-2-3-6/h4-6H,2-3H2,1H3,(H2,11,13). The predicted molar refractivity (Wildman–Crippen MR) is 54.9 cm³/mol. The molecule has 0 unspecified atom stereocenters. The first-order chi connectivity index (χ1) is 6.75. The minimum atomic E-state index is 0.636. The monoisotopic (exact) mass is 188 g/mol. The Hall–Kier alpha value is -1.58. The Morgan fingerprint density at radius 3 is 3.00 bits per heavy atom. The van der Waals surface area contributed by atoms with Crippen molar-refractivity contribution in [1.29, 1.82) is 0 Å². The molecule has 72 valence electrons. The van der Waals surface area contributed by atoms with Gasteiger partial charge >= 0.3 is 0 Å². The molecule has 14 heavy (non-hydrogen) atoms. The summed E-state index contributed by atoms with van der Waals surface area (Å²) < 4.78 is 1.78. The zero-order valence-corrected chi connectivity index (χ0v) is 8.07. The number of hydrogen-bond donors (Lipinski definition) is 1. The molecule has 0 radical (unpaired) electrons. The second kappa shape index (κ2) is 2.47. The highest BCUT2D eigenvalue weighted by molar-refractivity contribution is 5.87. The number of nitrogen functional groups attached to an aromatic ring is 1. The first kappa shape index (κ1) is 7.79. The molecule has 0 atom stereocenters. The van der Waals surface area contributed by atoms with Crippen LogP contribution in [0.25, 0.3) is 11.0 Å². The molecule has 0 saturated heterocycles. The van der Waals surface area contributed by atoms with Gasteiger partial charge in [0, 0.05) is 24.3 Å². The van der Waals surface area contributed by atoms with Crippen molar-refractivity contribution in [3.63, 3.8) is 0 Å². The van der Waals surface area contributed by atoms with Gasteiger partial charge in [0.1, 0.15) is 0 Å². The van der Waals surface area contributed by atoms with Crippen molar-refractivity contribution in [2.75, 3.05) is 5.73 Å². The average Bonchev–Trinajstić information content (AvgIpc) is 2.93. The second-order valence-electron chi connectivity index (χ2n) is 3.92. The van der Waals surface area contributed by atoms with E-state index in [0.29, 0.717) is 5.92 Å². The van der Waals surface area contributed by atoms with Gasteiger partial charge in [-0.3, -0.25) is 4.68 Å². The summed E-state index contributed by atoms with van der Waals surface area (Å²) in [6, 6.07) is 1.99. The van der Waals surface area contributed by atoms with Gasteiger partial charge in [-0.05, 0) is 18.9 Å². The first-order valence-corrected chi connectivity index (χ1v) is 4.84. The van der Waals surface area contributed by atoms with Crippen LogP contribution in [0, 0.1) is 0 Å². The summed E-state index contributed by atoms with van der Waals surface area (Å²) in [6.45, 7) is 0. The topological polar surface area (TPSA) is 56.7 Å². The predicted octanol–water partition coefficient (Wildman–Crippen LogP) is 1.43. The van der Waals surface area contributed by atoms with Crippen LogP contribution < -0.4 is 5.73 Å². The van der Waals surface area contributed by atoms with Gasteiger partial charge in [0.2, 0.25) is 0 Å². The number of fused-ring (bicyclic) bond motifs is 1. The lowest BCUT2D eigenvalue weighted by molar-refractivity contribution is 0.782. The van der Waals surface area contributed by atoms with Gasteiger partial charge in [0.05, 0.1) is 11.6 Å². The highest BCUT2D eigenvalue weighted by Crippen LogP contribution is 2.40. The molecule has 2 aromatic rings. The molecule has 1 aliphatic rings. The van der Waals surface area contributed by atoms with Crippen molar-refractivity contribution in [3.8, 4) is 0 Å². The molecule has 4 nitrogen and oxygen atoms in total. The summed E-state index contributed by atoms with van der Waals surface area (Å²) in [5, 5.41) is 5.11. The molecule has 2 aromatic heterocycles. The molecule has 0 spiro atoms. The van der Waals surface area contributed by atoms with E-state index in [2.05, 4.69) is 10.1 Å². The maximum absolute atomic E-state index is 5.94. The van der Waals surface area contributed by atoms with Crippen LogP contribution in [0.4, 0.5) is 5.69 Å². The average molecular weight is 188 g/mol. The molecule has 1 aliphatic carbocycles. The lowest BCUT2D eigenvalue weighted by Crippen LogP contribution is -1.97. The fourth-order valence-corrected chi connectivity index (χ4v) is 1.75. The second-order valence-corrected chi connectivity index (χ2v) is 3.92. The van der Waals surface area contributed by atoms with E-state index >= 15 is 0 Å². The summed E-state index contributed by atoms with van der Waals surface area (Å²) in [5.74, 6) is 0.636. The number of nitrogens with two attached hydrogens (primary N) is 1. The maximum atomic E-state index is 5.94. The number of anilines is 1. The Bertz CT molecular complexity index is 496. The maximum Gasteiger partial charge on any atom is 0.159 e. The normalized spacial score (nSPS) is 16.4. The number of aromatic nitrogens is 3. The molecule has 4 heteroatoms. The molecule has 2 N–H and O–H groups in total. The highest BCUT2D eigenvalue weighted by atomic mass is 15.3. The van der Waals surface area contributed by atoms with Crippen LogP contribution in [0.5, 0.6) is 0 Å². The van der Waals surface area contributed by atoms with E-state index in [1.54, 1.807) is 10.9 Å². The fraction of sp³-hybridized carbons (Fsp3) is 0.400. The van der Waals surface area contributed by atoms with Crippen molar-refractivity contribution >= 4 is 16.7 Å². The fourth-order valence-electron chi connectivity index (χ4n) is 1.75. The van der Waals surface area contributed by atoms with Gasteiger partial charge in [-0.1, -0.05) is 0 Å². The van der Waals surface area contributed by atoms with Crippen molar-refractivity contribution in [2.24, 2.45) is 7.05 Å². The van der Waals surface area contributed by atoms with Gasteiger partial charge in [-0.25, -0.2) is 4.98 Å². The van der Waals surface area contributed by atoms with E-state index in [1.165, 1.54) is 12.8 Å². The summed E-state index contributed by atoms with van der Waals surface area (Å²) in [6.07, 6.45) is 4.26. The zero-order chi connectivity index (χ0) is 9.71. The number of pyridine rings is 1. The Morgan fingerprint density at radius 1 is 1.50 bits per heavy atom. The number of rotatable bonds is 1. The highest BCUT2D eigenvalue weighted by Gasteiger charge is 2.26. The van der Waals surface area contributed by atoms with Crippen molar-refractivity contribution in [3.05, 3.63) is 18.0 Å². The number of hydrogen-bond acceptors (Lipinski definition) is 3. The lowest BCUT2D eigenvalue weighted by Gasteiger charge is -2.01. The van der Waals surface area contributed by atoms with Gasteiger partial charge in [0.15, 0.2) is 5.65 Å². The first-order valence-electron chi connectivity index (χ1n) is 4.84. The van der Waals surface area contributed by atoms with Crippen molar-refractivity contribution in [2.45, 2.75) is 18.8 Å². The van der Waals surface area contributed by atoms with Crippen LogP contribution in [0.15, 0.2) is 12.3 Å². The largest absolute Gasteiger partial charge is 0.398 e. The molecule has 0 amide bonds. The summed E-state index contributed by atoms with van der Waals surface area (Å²) in [5.41, 5.74) is 8.76. The smallest absolute Gasteiger partial charge is 0.159 e. The van der Waals surface area contributed by atoms with Crippen LogP contribution in [0.2, 0.25) is 0 Å². The van der Waals surface area contributed by atoms with Crippen molar-refractivity contribution in [1.82, 2.24) is 14.8 Å². The molecule has 1 fully saturated rings.